The Labute approximate surface area is 161 Å². The summed E-state index contributed by atoms with van der Waals surface area (Å²) in [5.74, 6) is 0.276. The van der Waals surface area contributed by atoms with Gasteiger partial charge in [-0.3, -0.25) is 20.4 Å². The summed E-state index contributed by atoms with van der Waals surface area (Å²) in [5.41, 5.74) is 5.72. The molecule has 0 aliphatic carbocycles. The number of halogens is 1. The van der Waals surface area contributed by atoms with Crippen LogP contribution >= 0.6 is 15.9 Å². The number of carbonyl (C=O) groups is 2. The number of hydrogen-bond acceptors (Lipinski definition) is 4. The van der Waals surface area contributed by atoms with Gasteiger partial charge in [0.05, 0.1) is 0 Å². The molecule has 0 saturated heterocycles. The molecule has 0 bridgehead atoms. The summed E-state index contributed by atoms with van der Waals surface area (Å²) in [6.07, 6.45) is -0.241. The molecule has 7 heteroatoms. The molecule has 0 fully saturated rings. The first-order valence-electron chi connectivity index (χ1n) is 8.18. The topological polar surface area (TPSA) is 76.7 Å². The minimum atomic E-state index is -0.704. The van der Waals surface area contributed by atoms with E-state index in [-0.39, 0.29) is 6.61 Å². The lowest BCUT2D eigenvalue weighted by Crippen LogP contribution is -2.49. The monoisotopic (exact) mass is 420 g/mol. The van der Waals surface area contributed by atoms with Crippen LogP contribution in [-0.4, -0.2) is 24.5 Å². The fourth-order valence-corrected chi connectivity index (χ4v) is 2.37. The quantitative estimate of drug-likeness (QED) is 0.674. The van der Waals surface area contributed by atoms with Crippen molar-refractivity contribution in [3.8, 4) is 11.5 Å². The Morgan fingerprint density at radius 2 is 1.81 bits per heavy atom. The van der Waals surface area contributed by atoms with E-state index in [0.717, 1.165) is 10.0 Å². The van der Waals surface area contributed by atoms with Gasteiger partial charge in [-0.05, 0) is 55.3 Å². The van der Waals surface area contributed by atoms with Gasteiger partial charge >= 0.3 is 0 Å². The largest absolute Gasteiger partial charge is 0.484 e. The Bertz CT molecular complexity index is 749. The van der Waals surface area contributed by atoms with Gasteiger partial charge in [0.25, 0.3) is 11.8 Å². The van der Waals surface area contributed by atoms with Crippen molar-refractivity contribution in [3.63, 3.8) is 0 Å². The van der Waals surface area contributed by atoms with Crippen molar-refractivity contribution in [2.75, 3.05) is 6.61 Å². The molecule has 0 heterocycles. The maximum atomic E-state index is 12.2. The van der Waals surface area contributed by atoms with Crippen LogP contribution in [0.5, 0.6) is 11.5 Å². The molecule has 2 aromatic rings. The molecule has 0 spiro atoms. The summed E-state index contributed by atoms with van der Waals surface area (Å²) in [6.45, 7) is 3.56. The first-order valence-corrected chi connectivity index (χ1v) is 8.97. The summed E-state index contributed by atoms with van der Waals surface area (Å²) in [7, 11) is 0. The second-order valence-corrected chi connectivity index (χ2v) is 6.53. The van der Waals surface area contributed by atoms with Crippen LogP contribution in [0.1, 0.15) is 18.9 Å². The Kier molecular flexibility index (Phi) is 7.47. The number of amides is 2. The van der Waals surface area contributed by atoms with Gasteiger partial charge in [-0.25, -0.2) is 0 Å². The third-order valence-electron chi connectivity index (χ3n) is 3.44. The van der Waals surface area contributed by atoms with Gasteiger partial charge in [0, 0.05) is 4.47 Å². The number of carbonyl (C=O) groups excluding carboxylic acids is 2. The van der Waals surface area contributed by atoms with E-state index in [9.17, 15) is 9.59 Å². The van der Waals surface area contributed by atoms with Crippen molar-refractivity contribution >= 4 is 27.7 Å². The van der Waals surface area contributed by atoms with Gasteiger partial charge in [0.2, 0.25) is 0 Å². The molecular weight excluding hydrogens is 400 g/mol. The minimum Gasteiger partial charge on any atom is -0.484 e. The molecule has 1 unspecified atom stereocenters. The van der Waals surface area contributed by atoms with Crippen molar-refractivity contribution in [3.05, 3.63) is 58.6 Å². The predicted molar refractivity (Wildman–Crippen MR) is 102 cm³/mol. The molecule has 0 aliphatic rings. The average Bonchev–Trinajstić information content (AvgIpc) is 2.63. The second kappa shape index (κ2) is 9.82. The molecule has 2 aromatic carbocycles. The average molecular weight is 421 g/mol. The number of nitrogens with one attached hydrogen (secondary N) is 2. The number of benzene rings is 2. The van der Waals surface area contributed by atoms with E-state index < -0.39 is 17.9 Å². The van der Waals surface area contributed by atoms with Gasteiger partial charge in [0.15, 0.2) is 12.7 Å². The third-order valence-corrected chi connectivity index (χ3v) is 3.97. The van der Waals surface area contributed by atoms with E-state index in [1.165, 1.54) is 0 Å². The van der Waals surface area contributed by atoms with Gasteiger partial charge in [-0.15, -0.1) is 0 Å². The summed E-state index contributed by atoms with van der Waals surface area (Å²) < 4.78 is 11.9. The lowest BCUT2D eigenvalue weighted by atomic mass is 10.2. The van der Waals surface area contributed by atoms with Crippen LogP contribution in [0.15, 0.2) is 53.0 Å². The van der Waals surface area contributed by atoms with E-state index in [2.05, 4.69) is 26.8 Å². The fraction of sp³-hybridized carbons (Fsp3) is 0.263. The van der Waals surface area contributed by atoms with Gasteiger partial charge in [0.1, 0.15) is 11.5 Å². The maximum absolute atomic E-state index is 12.2. The number of aryl methyl sites for hydroxylation is 1. The minimum absolute atomic E-state index is 0.211. The first kappa shape index (κ1) is 19.8. The van der Waals surface area contributed by atoms with Crippen molar-refractivity contribution < 1.29 is 19.1 Å². The molecule has 26 heavy (non-hydrogen) atoms. The fourth-order valence-electron chi connectivity index (χ4n) is 2.10. The van der Waals surface area contributed by atoms with Crippen molar-refractivity contribution in [2.45, 2.75) is 26.4 Å². The van der Waals surface area contributed by atoms with Crippen LogP contribution in [0.4, 0.5) is 0 Å². The highest BCUT2D eigenvalue weighted by Gasteiger charge is 2.19. The van der Waals surface area contributed by atoms with Crippen LogP contribution < -0.4 is 20.3 Å². The second-order valence-electron chi connectivity index (χ2n) is 5.61. The Hall–Kier alpha value is -2.54. The van der Waals surface area contributed by atoms with E-state index in [4.69, 9.17) is 9.47 Å². The lowest BCUT2D eigenvalue weighted by Gasteiger charge is -2.18. The number of ether oxygens (including phenoxy) is 2. The summed E-state index contributed by atoms with van der Waals surface area (Å²) >= 11 is 3.32. The Morgan fingerprint density at radius 3 is 2.46 bits per heavy atom. The Morgan fingerprint density at radius 1 is 1.08 bits per heavy atom. The molecular formula is C19H21BrN2O4. The van der Waals surface area contributed by atoms with Crippen molar-refractivity contribution in [1.82, 2.24) is 10.9 Å². The molecule has 2 N–H and O–H groups in total. The van der Waals surface area contributed by atoms with Crippen LogP contribution in [0.25, 0.3) is 0 Å². The summed E-state index contributed by atoms with van der Waals surface area (Å²) in [4.78, 5) is 24.0. The van der Waals surface area contributed by atoms with Crippen molar-refractivity contribution in [1.29, 1.82) is 0 Å². The highest BCUT2D eigenvalue weighted by atomic mass is 79.9. The molecule has 6 nitrogen and oxygen atoms in total. The first-order chi connectivity index (χ1) is 12.5. The molecule has 1 atom stereocenters. The highest BCUT2D eigenvalue weighted by molar-refractivity contribution is 9.10. The van der Waals surface area contributed by atoms with Gasteiger partial charge < -0.3 is 9.47 Å². The summed E-state index contributed by atoms with van der Waals surface area (Å²) in [5, 5.41) is 0. The van der Waals surface area contributed by atoms with Gasteiger partial charge in [-0.1, -0.05) is 35.0 Å². The number of hydrogen-bond donors (Lipinski definition) is 2. The van der Waals surface area contributed by atoms with Crippen LogP contribution in [0.2, 0.25) is 0 Å². The number of hydrazine groups is 1. The summed E-state index contributed by atoms with van der Waals surface area (Å²) in [6, 6.07) is 14.5. The van der Waals surface area contributed by atoms with E-state index in [1.807, 2.05) is 44.2 Å². The highest BCUT2D eigenvalue weighted by Crippen LogP contribution is 2.16. The Balaban J connectivity index is 1.78. The standard InChI is InChI=1S/C19H21BrN2O4/c1-3-17(26-16-6-4-5-13(2)11-16)19(24)22-21-18(23)12-25-15-9-7-14(20)8-10-15/h4-11,17H,3,12H2,1-2H3,(H,21,23)(H,22,24). The molecule has 2 amide bonds. The predicted octanol–water partition coefficient (Wildman–Crippen LogP) is 3.14. The zero-order chi connectivity index (χ0) is 18.9. The molecule has 2 rings (SSSR count). The molecule has 0 aliphatic heterocycles. The molecule has 138 valence electrons. The van der Waals surface area contributed by atoms with Crippen LogP contribution in [0, 0.1) is 6.92 Å². The molecule has 0 saturated carbocycles. The van der Waals surface area contributed by atoms with E-state index in [1.54, 1.807) is 18.2 Å². The van der Waals surface area contributed by atoms with Crippen LogP contribution in [-0.2, 0) is 9.59 Å². The zero-order valence-corrected chi connectivity index (χ0v) is 16.2. The van der Waals surface area contributed by atoms with Crippen molar-refractivity contribution in [2.24, 2.45) is 0 Å². The smallest absolute Gasteiger partial charge is 0.279 e. The normalized spacial score (nSPS) is 11.3. The third kappa shape index (κ3) is 6.40. The van der Waals surface area contributed by atoms with E-state index >= 15 is 0 Å². The lowest BCUT2D eigenvalue weighted by molar-refractivity contribution is -0.134. The molecule has 0 radical (unpaired) electrons. The SMILES string of the molecule is CCC(Oc1cccc(C)c1)C(=O)NNC(=O)COc1ccc(Br)cc1. The zero-order valence-electron chi connectivity index (χ0n) is 14.6. The maximum Gasteiger partial charge on any atom is 0.279 e. The van der Waals surface area contributed by atoms with Gasteiger partial charge in [-0.2, -0.15) is 0 Å². The number of rotatable bonds is 7. The van der Waals surface area contributed by atoms with E-state index in [0.29, 0.717) is 17.9 Å². The molecule has 0 aromatic heterocycles. The van der Waals surface area contributed by atoms with Crippen LogP contribution in [0.3, 0.4) is 0 Å².